The summed E-state index contributed by atoms with van der Waals surface area (Å²) in [5.74, 6) is 0.0264. The van der Waals surface area contributed by atoms with Gasteiger partial charge in [-0.2, -0.15) is 0 Å². The van der Waals surface area contributed by atoms with Crippen LogP contribution in [-0.4, -0.2) is 20.7 Å². The van der Waals surface area contributed by atoms with Crippen LogP contribution in [0.2, 0.25) is 0 Å². The first kappa shape index (κ1) is 16.1. The normalized spacial score (nSPS) is 13.5. The van der Waals surface area contributed by atoms with E-state index in [2.05, 4.69) is 45.1 Å². The number of primary sulfonamides is 1. The van der Waals surface area contributed by atoms with Crippen LogP contribution in [-0.2, 0) is 10.0 Å². The van der Waals surface area contributed by atoms with Crippen molar-refractivity contribution in [2.75, 3.05) is 12.3 Å². The Labute approximate surface area is 116 Å². The molecule has 0 saturated heterocycles. The molecule has 1 rings (SSSR count). The first-order chi connectivity index (χ1) is 8.70. The maximum Gasteiger partial charge on any atom is 0.209 e. The van der Waals surface area contributed by atoms with Gasteiger partial charge in [0.25, 0.3) is 0 Å². The van der Waals surface area contributed by atoms with E-state index in [-0.39, 0.29) is 11.8 Å². The van der Waals surface area contributed by atoms with Gasteiger partial charge in [0.05, 0.1) is 5.75 Å². The van der Waals surface area contributed by atoms with Gasteiger partial charge in [0.15, 0.2) is 0 Å². The van der Waals surface area contributed by atoms with Crippen LogP contribution in [0.15, 0.2) is 12.1 Å². The Morgan fingerprint density at radius 1 is 1.16 bits per heavy atom. The molecule has 5 heteroatoms. The average molecular weight is 284 g/mol. The van der Waals surface area contributed by atoms with Gasteiger partial charge in [0.1, 0.15) is 0 Å². The second kappa shape index (κ2) is 6.50. The van der Waals surface area contributed by atoms with Crippen molar-refractivity contribution in [3.8, 4) is 0 Å². The van der Waals surface area contributed by atoms with Crippen LogP contribution in [0, 0.1) is 20.8 Å². The van der Waals surface area contributed by atoms with Gasteiger partial charge >= 0.3 is 0 Å². The van der Waals surface area contributed by atoms with Crippen LogP contribution in [0.1, 0.15) is 41.6 Å². The first-order valence-corrected chi connectivity index (χ1v) is 8.24. The SMILES string of the molecule is Cc1cc(C)c(C(C)NCCCS(N)(=O)=O)cc1C. The van der Waals surface area contributed by atoms with Gasteiger partial charge in [-0.15, -0.1) is 0 Å². The molecule has 0 radical (unpaired) electrons. The molecule has 0 heterocycles. The number of sulfonamides is 1. The molecule has 0 saturated carbocycles. The summed E-state index contributed by atoms with van der Waals surface area (Å²) in [4.78, 5) is 0. The van der Waals surface area contributed by atoms with E-state index >= 15 is 0 Å². The summed E-state index contributed by atoms with van der Waals surface area (Å²) < 4.78 is 21.7. The van der Waals surface area contributed by atoms with Gasteiger partial charge in [-0.1, -0.05) is 12.1 Å². The van der Waals surface area contributed by atoms with Gasteiger partial charge < -0.3 is 5.32 Å². The van der Waals surface area contributed by atoms with E-state index in [1.165, 1.54) is 22.3 Å². The Kier molecular flexibility index (Phi) is 5.52. The van der Waals surface area contributed by atoms with Crippen molar-refractivity contribution in [3.63, 3.8) is 0 Å². The minimum atomic E-state index is -3.35. The maximum absolute atomic E-state index is 10.8. The molecule has 0 aromatic heterocycles. The lowest BCUT2D eigenvalue weighted by Gasteiger charge is -2.18. The molecule has 0 fully saturated rings. The summed E-state index contributed by atoms with van der Waals surface area (Å²) in [6.45, 7) is 9.05. The zero-order valence-corrected chi connectivity index (χ0v) is 13.0. The lowest BCUT2D eigenvalue weighted by Crippen LogP contribution is -2.24. The van der Waals surface area contributed by atoms with E-state index in [0.29, 0.717) is 13.0 Å². The highest BCUT2D eigenvalue weighted by Gasteiger charge is 2.10. The molecule has 0 aliphatic carbocycles. The van der Waals surface area contributed by atoms with E-state index in [9.17, 15) is 8.42 Å². The monoisotopic (exact) mass is 284 g/mol. The number of nitrogens with one attached hydrogen (secondary N) is 1. The zero-order chi connectivity index (χ0) is 14.6. The Morgan fingerprint density at radius 3 is 2.32 bits per heavy atom. The lowest BCUT2D eigenvalue weighted by molar-refractivity contribution is 0.559. The number of aryl methyl sites for hydroxylation is 3. The van der Waals surface area contributed by atoms with E-state index in [4.69, 9.17) is 5.14 Å². The number of benzene rings is 1. The molecule has 1 aromatic rings. The Morgan fingerprint density at radius 2 is 1.74 bits per heavy atom. The third kappa shape index (κ3) is 5.30. The largest absolute Gasteiger partial charge is 0.310 e. The summed E-state index contributed by atoms with van der Waals surface area (Å²) in [6.07, 6.45) is 0.535. The number of hydrogen-bond acceptors (Lipinski definition) is 3. The van der Waals surface area contributed by atoms with E-state index in [0.717, 1.165) is 0 Å². The highest BCUT2D eigenvalue weighted by molar-refractivity contribution is 7.89. The van der Waals surface area contributed by atoms with Crippen LogP contribution >= 0.6 is 0 Å². The minimum Gasteiger partial charge on any atom is -0.310 e. The third-order valence-corrected chi connectivity index (χ3v) is 4.26. The molecular formula is C14H24N2O2S. The quantitative estimate of drug-likeness (QED) is 0.784. The molecule has 0 spiro atoms. The maximum atomic E-state index is 10.8. The minimum absolute atomic E-state index is 0.0264. The third-order valence-electron chi connectivity index (χ3n) is 3.41. The predicted molar refractivity (Wildman–Crippen MR) is 79.7 cm³/mol. The summed E-state index contributed by atoms with van der Waals surface area (Å²) in [5, 5.41) is 8.31. The van der Waals surface area contributed by atoms with Gasteiger partial charge in [-0.25, -0.2) is 13.6 Å². The molecule has 1 atom stereocenters. The molecule has 0 bridgehead atoms. The predicted octanol–water partition coefficient (Wildman–Crippen LogP) is 1.94. The van der Waals surface area contributed by atoms with Crippen molar-refractivity contribution in [3.05, 3.63) is 34.4 Å². The van der Waals surface area contributed by atoms with Crippen molar-refractivity contribution in [2.24, 2.45) is 5.14 Å². The van der Waals surface area contributed by atoms with Crippen LogP contribution in [0.3, 0.4) is 0 Å². The van der Waals surface area contributed by atoms with Crippen LogP contribution in [0.25, 0.3) is 0 Å². The van der Waals surface area contributed by atoms with Crippen LogP contribution in [0.4, 0.5) is 0 Å². The highest BCUT2D eigenvalue weighted by Crippen LogP contribution is 2.21. The van der Waals surface area contributed by atoms with Crippen molar-refractivity contribution < 1.29 is 8.42 Å². The Hall–Kier alpha value is -0.910. The van der Waals surface area contributed by atoms with Crippen molar-refractivity contribution in [2.45, 2.75) is 40.2 Å². The zero-order valence-electron chi connectivity index (χ0n) is 12.2. The molecule has 19 heavy (non-hydrogen) atoms. The molecule has 1 aromatic carbocycles. The number of nitrogens with two attached hydrogens (primary N) is 1. The van der Waals surface area contributed by atoms with E-state index in [1.807, 2.05) is 0 Å². The van der Waals surface area contributed by atoms with Crippen molar-refractivity contribution >= 4 is 10.0 Å². The van der Waals surface area contributed by atoms with Crippen LogP contribution in [0.5, 0.6) is 0 Å². The second-order valence-corrected chi connectivity index (χ2v) is 6.92. The molecular weight excluding hydrogens is 260 g/mol. The summed E-state index contributed by atoms with van der Waals surface area (Å²) in [7, 11) is -3.35. The van der Waals surface area contributed by atoms with Gasteiger partial charge in [-0.05, 0) is 62.9 Å². The van der Waals surface area contributed by atoms with Gasteiger partial charge in [-0.3, -0.25) is 0 Å². The highest BCUT2D eigenvalue weighted by atomic mass is 32.2. The Balaban J connectivity index is 2.59. The molecule has 0 aliphatic rings. The molecule has 3 N–H and O–H groups in total. The molecule has 0 amide bonds. The number of rotatable bonds is 6. The molecule has 4 nitrogen and oxygen atoms in total. The van der Waals surface area contributed by atoms with Crippen molar-refractivity contribution in [1.82, 2.24) is 5.32 Å². The summed E-state index contributed by atoms with van der Waals surface area (Å²) >= 11 is 0. The first-order valence-electron chi connectivity index (χ1n) is 6.52. The van der Waals surface area contributed by atoms with E-state index in [1.54, 1.807) is 0 Å². The fraction of sp³-hybridized carbons (Fsp3) is 0.571. The summed E-state index contributed by atoms with van der Waals surface area (Å²) in [5.41, 5.74) is 5.09. The van der Waals surface area contributed by atoms with Gasteiger partial charge in [0, 0.05) is 6.04 Å². The fourth-order valence-electron chi connectivity index (χ4n) is 2.15. The lowest BCUT2D eigenvalue weighted by atomic mass is 9.96. The summed E-state index contributed by atoms with van der Waals surface area (Å²) in [6, 6.07) is 4.59. The van der Waals surface area contributed by atoms with Crippen LogP contribution < -0.4 is 10.5 Å². The Bertz CT molecular complexity index is 539. The molecule has 108 valence electrons. The standard InChI is InChI=1S/C14H24N2O2S/c1-10-8-12(3)14(9-11(10)2)13(4)16-6-5-7-19(15,17)18/h8-9,13,16H,5-7H2,1-4H3,(H2,15,17,18). The molecule has 1 unspecified atom stereocenters. The van der Waals surface area contributed by atoms with Crippen molar-refractivity contribution in [1.29, 1.82) is 0 Å². The van der Waals surface area contributed by atoms with E-state index < -0.39 is 10.0 Å². The average Bonchev–Trinajstić information content (AvgIpc) is 2.28. The topological polar surface area (TPSA) is 72.2 Å². The second-order valence-electron chi connectivity index (χ2n) is 5.19. The fourth-order valence-corrected chi connectivity index (χ4v) is 2.70. The van der Waals surface area contributed by atoms with Gasteiger partial charge in [0.2, 0.25) is 10.0 Å². The number of hydrogen-bond donors (Lipinski definition) is 2. The molecule has 0 aliphatic heterocycles. The smallest absolute Gasteiger partial charge is 0.209 e.